The number of hydrogen-bond acceptors (Lipinski definition) is 3. The number of nitrogens with one attached hydrogen (secondary N) is 1. The highest BCUT2D eigenvalue weighted by molar-refractivity contribution is 5.94. The van der Waals surface area contributed by atoms with E-state index in [1.807, 2.05) is 31.2 Å². The van der Waals surface area contributed by atoms with Gasteiger partial charge in [-0.15, -0.1) is 0 Å². The molecule has 1 amide bonds. The maximum absolute atomic E-state index is 11.8. The Labute approximate surface area is 106 Å². The fourth-order valence-corrected chi connectivity index (χ4v) is 1.73. The van der Waals surface area contributed by atoms with Crippen LogP contribution in [0.25, 0.3) is 0 Å². The minimum absolute atomic E-state index is 0.0241. The van der Waals surface area contributed by atoms with E-state index in [9.17, 15) is 4.79 Å². The van der Waals surface area contributed by atoms with Crippen molar-refractivity contribution in [2.75, 3.05) is 6.54 Å². The maximum Gasteiger partial charge on any atom is 0.251 e. The van der Waals surface area contributed by atoms with E-state index in [4.69, 9.17) is 4.52 Å². The average molecular weight is 244 g/mol. The first-order valence-corrected chi connectivity index (χ1v) is 5.99. The van der Waals surface area contributed by atoms with Crippen molar-refractivity contribution in [2.24, 2.45) is 0 Å². The molecule has 4 nitrogen and oxygen atoms in total. The van der Waals surface area contributed by atoms with E-state index in [-0.39, 0.29) is 5.91 Å². The van der Waals surface area contributed by atoms with Gasteiger partial charge in [-0.1, -0.05) is 22.9 Å². The standard InChI is InChI=1S/C14H16N2O2/c1-11-4-2-6-13(8-11)14(17)15-7-3-5-12-9-16-18-10-12/h2,4,6,8-10H,3,5,7H2,1H3,(H,15,17). The number of hydrogen-bond donors (Lipinski definition) is 1. The molecule has 0 unspecified atom stereocenters. The van der Waals surface area contributed by atoms with E-state index in [1.165, 1.54) is 0 Å². The van der Waals surface area contributed by atoms with E-state index < -0.39 is 0 Å². The van der Waals surface area contributed by atoms with Gasteiger partial charge in [-0.25, -0.2) is 0 Å². The summed E-state index contributed by atoms with van der Waals surface area (Å²) in [5, 5.41) is 6.53. The molecule has 0 radical (unpaired) electrons. The molecule has 0 aliphatic rings. The molecule has 0 aliphatic carbocycles. The Morgan fingerprint density at radius 1 is 1.44 bits per heavy atom. The summed E-state index contributed by atoms with van der Waals surface area (Å²) < 4.78 is 4.74. The van der Waals surface area contributed by atoms with Gasteiger partial charge in [-0.05, 0) is 31.9 Å². The Hall–Kier alpha value is -2.10. The normalized spacial score (nSPS) is 10.3. The molecule has 18 heavy (non-hydrogen) atoms. The van der Waals surface area contributed by atoms with Crippen LogP contribution in [0.1, 0.15) is 27.9 Å². The predicted molar refractivity (Wildman–Crippen MR) is 68.3 cm³/mol. The first-order chi connectivity index (χ1) is 8.75. The Morgan fingerprint density at radius 3 is 3.06 bits per heavy atom. The van der Waals surface area contributed by atoms with Crippen LogP contribution in [0.4, 0.5) is 0 Å². The van der Waals surface area contributed by atoms with Gasteiger partial charge in [-0.2, -0.15) is 0 Å². The molecule has 2 rings (SSSR count). The van der Waals surface area contributed by atoms with Crippen LogP contribution in [0.15, 0.2) is 41.2 Å². The van der Waals surface area contributed by atoms with Crippen molar-refractivity contribution in [3.8, 4) is 0 Å². The van der Waals surface area contributed by atoms with Gasteiger partial charge < -0.3 is 9.84 Å². The molecule has 0 saturated carbocycles. The SMILES string of the molecule is Cc1cccc(C(=O)NCCCc2cnoc2)c1. The Kier molecular flexibility index (Phi) is 4.12. The minimum Gasteiger partial charge on any atom is -0.364 e. The van der Waals surface area contributed by atoms with Crippen LogP contribution in [0.5, 0.6) is 0 Å². The zero-order valence-corrected chi connectivity index (χ0v) is 10.3. The first-order valence-electron chi connectivity index (χ1n) is 5.99. The number of nitrogens with zero attached hydrogens (tertiary/aromatic N) is 1. The quantitative estimate of drug-likeness (QED) is 0.821. The molecule has 1 heterocycles. The number of carbonyl (C=O) groups excluding carboxylic acids is 1. The molecule has 1 N–H and O–H groups in total. The second-order valence-electron chi connectivity index (χ2n) is 4.26. The molecule has 1 aromatic carbocycles. The van der Waals surface area contributed by atoms with Crippen molar-refractivity contribution in [1.82, 2.24) is 10.5 Å². The summed E-state index contributed by atoms with van der Waals surface area (Å²) in [6, 6.07) is 7.57. The lowest BCUT2D eigenvalue weighted by molar-refractivity contribution is 0.0953. The monoisotopic (exact) mass is 244 g/mol. The third kappa shape index (κ3) is 3.45. The zero-order chi connectivity index (χ0) is 12.8. The summed E-state index contributed by atoms with van der Waals surface area (Å²) in [4.78, 5) is 11.8. The van der Waals surface area contributed by atoms with Gasteiger partial charge in [-0.3, -0.25) is 4.79 Å². The molecule has 94 valence electrons. The number of aryl methyl sites for hydroxylation is 2. The smallest absolute Gasteiger partial charge is 0.251 e. The van der Waals surface area contributed by atoms with Gasteiger partial charge in [0.15, 0.2) is 0 Å². The minimum atomic E-state index is -0.0241. The fourth-order valence-electron chi connectivity index (χ4n) is 1.73. The van der Waals surface area contributed by atoms with Gasteiger partial charge in [0.2, 0.25) is 0 Å². The Bertz CT molecular complexity index is 506. The van der Waals surface area contributed by atoms with Crippen molar-refractivity contribution in [3.05, 3.63) is 53.4 Å². The summed E-state index contributed by atoms with van der Waals surface area (Å²) >= 11 is 0. The largest absolute Gasteiger partial charge is 0.364 e. The lowest BCUT2D eigenvalue weighted by atomic mass is 10.1. The fraction of sp³-hybridized carbons (Fsp3) is 0.286. The first kappa shape index (κ1) is 12.4. The van der Waals surface area contributed by atoms with Crippen molar-refractivity contribution in [2.45, 2.75) is 19.8 Å². The lowest BCUT2D eigenvalue weighted by Gasteiger charge is -2.05. The summed E-state index contributed by atoms with van der Waals surface area (Å²) in [5.74, 6) is -0.0241. The molecule has 0 atom stereocenters. The number of aromatic nitrogens is 1. The zero-order valence-electron chi connectivity index (χ0n) is 10.3. The predicted octanol–water partition coefficient (Wildman–Crippen LogP) is 2.35. The van der Waals surface area contributed by atoms with E-state index in [1.54, 1.807) is 12.5 Å². The van der Waals surface area contributed by atoms with Gasteiger partial charge >= 0.3 is 0 Å². The number of rotatable bonds is 5. The molecule has 0 saturated heterocycles. The van der Waals surface area contributed by atoms with Crippen LogP contribution in [0.2, 0.25) is 0 Å². The third-order valence-electron chi connectivity index (χ3n) is 2.69. The van der Waals surface area contributed by atoms with Crippen LogP contribution in [-0.2, 0) is 6.42 Å². The van der Waals surface area contributed by atoms with Crippen molar-refractivity contribution in [3.63, 3.8) is 0 Å². The van der Waals surface area contributed by atoms with E-state index >= 15 is 0 Å². The van der Waals surface area contributed by atoms with Crippen molar-refractivity contribution in [1.29, 1.82) is 0 Å². The second kappa shape index (κ2) is 6.00. The molecule has 4 heteroatoms. The third-order valence-corrected chi connectivity index (χ3v) is 2.69. The van der Waals surface area contributed by atoms with Crippen LogP contribution < -0.4 is 5.32 Å². The molecular weight excluding hydrogens is 228 g/mol. The van der Waals surface area contributed by atoms with Gasteiger partial charge in [0, 0.05) is 17.7 Å². The Morgan fingerprint density at radius 2 is 2.33 bits per heavy atom. The highest BCUT2D eigenvalue weighted by atomic mass is 16.5. The molecule has 0 fully saturated rings. The maximum atomic E-state index is 11.8. The van der Waals surface area contributed by atoms with E-state index in [0.29, 0.717) is 12.1 Å². The van der Waals surface area contributed by atoms with Gasteiger partial charge in [0.1, 0.15) is 6.26 Å². The number of benzene rings is 1. The lowest BCUT2D eigenvalue weighted by Crippen LogP contribution is -2.24. The summed E-state index contributed by atoms with van der Waals surface area (Å²) in [6.45, 7) is 2.63. The van der Waals surface area contributed by atoms with Crippen molar-refractivity contribution < 1.29 is 9.32 Å². The van der Waals surface area contributed by atoms with Crippen LogP contribution in [-0.4, -0.2) is 17.6 Å². The Balaban J connectivity index is 1.75. The van der Waals surface area contributed by atoms with Crippen LogP contribution in [0.3, 0.4) is 0 Å². The molecule has 0 aliphatic heterocycles. The van der Waals surface area contributed by atoms with Gasteiger partial charge in [0.25, 0.3) is 5.91 Å². The summed E-state index contributed by atoms with van der Waals surface area (Å²) in [7, 11) is 0. The van der Waals surface area contributed by atoms with E-state index in [2.05, 4.69) is 10.5 Å². The summed E-state index contributed by atoms with van der Waals surface area (Å²) in [5.41, 5.74) is 2.85. The molecule has 1 aromatic heterocycles. The second-order valence-corrected chi connectivity index (χ2v) is 4.26. The van der Waals surface area contributed by atoms with Gasteiger partial charge in [0.05, 0.1) is 6.20 Å². The highest BCUT2D eigenvalue weighted by Crippen LogP contribution is 2.04. The average Bonchev–Trinajstić information content (AvgIpc) is 2.87. The van der Waals surface area contributed by atoms with Crippen LogP contribution in [0, 0.1) is 6.92 Å². The van der Waals surface area contributed by atoms with Crippen molar-refractivity contribution >= 4 is 5.91 Å². The summed E-state index contributed by atoms with van der Waals surface area (Å²) in [6.07, 6.45) is 5.06. The number of amides is 1. The van der Waals surface area contributed by atoms with E-state index in [0.717, 1.165) is 24.0 Å². The van der Waals surface area contributed by atoms with Crippen LogP contribution >= 0.6 is 0 Å². The molecule has 0 bridgehead atoms. The molecule has 2 aromatic rings. The molecular formula is C14H16N2O2. The molecule has 0 spiro atoms. The topological polar surface area (TPSA) is 55.1 Å². The highest BCUT2D eigenvalue weighted by Gasteiger charge is 2.04. The number of carbonyl (C=O) groups is 1.